The van der Waals surface area contributed by atoms with Gasteiger partial charge in [0.05, 0.1) is 37.1 Å². The molecule has 35 heavy (non-hydrogen) atoms. The molecule has 0 spiro atoms. The van der Waals surface area contributed by atoms with E-state index < -0.39 is 17.3 Å². The Balaban J connectivity index is 1.48. The van der Waals surface area contributed by atoms with Crippen LogP contribution in [0.1, 0.15) is 63.4 Å². The summed E-state index contributed by atoms with van der Waals surface area (Å²) in [5, 5.41) is 12.9. The number of methoxy groups -OCH3 is 1. The van der Waals surface area contributed by atoms with Gasteiger partial charge in [0.25, 0.3) is 0 Å². The molecular formula is C27H39NO7. The van der Waals surface area contributed by atoms with Gasteiger partial charge in [-0.05, 0) is 50.5 Å². The number of ether oxygens (including phenoxy) is 3. The van der Waals surface area contributed by atoms with E-state index in [9.17, 15) is 19.5 Å². The summed E-state index contributed by atoms with van der Waals surface area (Å²) in [6, 6.07) is 9.62. The van der Waals surface area contributed by atoms with Crippen LogP contribution in [0.5, 0.6) is 0 Å². The second kappa shape index (κ2) is 13.6. The Bertz CT molecular complexity index is 814. The van der Waals surface area contributed by atoms with Gasteiger partial charge >= 0.3 is 11.9 Å². The van der Waals surface area contributed by atoms with Gasteiger partial charge in [-0.1, -0.05) is 43.2 Å². The predicted molar refractivity (Wildman–Crippen MR) is 129 cm³/mol. The summed E-state index contributed by atoms with van der Waals surface area (Å²) in [6.07, 6.45) is 6.30. The van der Waals surface area contributed by atoms with E-state index in [2.05, 4.69) is 5.32 Å². The number of amides is 1. The van der Waals surface area contributed by atoms with Gasteiger partial charge in [0.15, 0.2) is 0 Å². The van der Waals surface area contributed by atoms with Crippen molar-refractivity contribution in [1.29, 1.82) is 0 Å². The number of carboxylic acids is 1. The maximum Gasteiger partial charge on any atom is 0.309 e. The van der Waals surface area contributed by atoms with Crippen molar-refractivity contribution < 1.29 is 33.7 Å². The molecule has 8 heteroatoms. The highest BCUT2D eigenvalue weighted by molar-refractivity contribution is 5.84. The highest BCUT2D eigenvalue weighted by Crippen LogP contribution is 2.44. The molecule has 1 aromatic carbocycles. The van der Waals surface area contributed by atoms with E-state index in [-0.39, 0.29) is 43.5 Å². The van der Waals surface area contributed by atoms with Crippen LogP contribution in [0.3, 0.4) is 0 Å². The summed E-state index contributed by atoms with van der Waals surface area (Å²) in [5.41, 5.74) is 0.298. The van der Waals surface area contributed by atoms with E-state index in [0.717, 1.165) is 31.2 Å². The molecule has 1 amide bonds. The molecule has 8 nitrogen and oxygen atoms in total. The second-order valence-corrected chi connectivity index (χ2v) is 9.91. The van der Waals surface area contributed by atoms with E-state index in [0.29, 0.717) is 38.9 Å². The molecule has 1 aromatic rings. The quantitative estimate of drug-likeness (QED) is 0.321. The highest BCUT2D eigenvalue weighted by atomic mass is 16.5. The van der Waals surface area contributed by atoms with E-state index in [1.165, 1.54) is 0 Å². The van der Waals surface area contributed by atoms with Crippen LogP contribution in [0.4, 0.5) is 0 Å². The number of carbonyl (C=O) groups is 3. The zero-order valence-corrected chi connectivity index (χ0v) is 20.7. The number of benzene rings is 1. The van der Waals surface area contributed by atoms with Gasteiger partial charge < -0.3 is 24.6 Å². The first-order chi connectivity index (χ1) is 16.9. The van der Waals surface area contributed by atoms with Crippen molar-refractivity contribution in [3.05, 3.63) is 35.9 Å². The van der Waals surface area contributed by atoms with E-state index in [1.807, 2.05) is 30.3 Å². The fourth-order valence-corrected chi connectivity index (χ4v) is 5.29. The van der Waals surface area contributed by atoms with Crippen LogP contribution in [-0.2, 0) is 35.2 Å². The lowest BCUT2D eigenvalue weighted by molar-refractivity contribution is -0.151. The number of carbonyl (C=O) groups excluding carboxylic acids is 2. The first-order valence-corrected chi connectivity index (χ1v) is 12.7. The molecule has 2 aliphatic rings. The minimum absolute atomic E-state index is 0.000575. The highest BCUT2D eigenvalue weighted by Gasteiger charge is 2.45. The number of hydrogen-bond acceptors (Lipinski definition) is 6. The SMILES string of the molecule is COCCOC[C@H](CC1(C(=O)NC2CCC(C(=O)OCc3ccccc3)CC2)CCCC1)C(=O)O. The normalized spacial score (nSPS) is 22.3. The van der Waals surface area contributed by atoms with Crippen molar-refractivity contribution in [2.45, 2.75) is 70.4 Å². The van der Waals surface area contributed by atoms with Crippen molar-refractivity contribution in [2.24, 2.45) is 17.3 Å². The van der Waals surface area contributed by atoms with Gasteiger partial charge in [-0.15, -0.1) is 0 Å². The lowest BCUT2D eigenvalue weighted by atomic mass is 9.76. The number of rotatable bonds is 13. The number of carboxylic acid groups (broad SMARTS) is 1. The Hall–Kier alpha value is -2.45. The average Bonchev–Trinajstić information content (AvgIpc) is 3.35. The van der Waals surface area contributed by atoms with Gasteiger partial charge in [-0.3, -0.25) is 14.4 Å². The van der Waals surface area contributed by atoms with Crippen molar-refractivity contribution in [1.82, 2.24) is 5.32 Å². The lowest BCUT2D eigenvalue weighted by Crippen LogP contribution is -2.47. The Kier molecular flexibility index (Phi) is 10.5. The zero-order chi connectivity index (χ0) is 25.1. The van der Waals surface area contributed by atoms with E-state index >= 15 is 0 Å². The molecule has 3 rings (SSSR count). The lowest BCUT2D eigenvalue weighted by Gasteiger charge is -2.34. The maximum absolute atomic E-state index is 13.4. The Morgan fingerprint density at radius 3 is 2.37 bits per heavy atom. The van der Waals surface area contributed by atoms with E-state index in [4.69, 9.17) is 14.2 Å². The van der Waals surface area contributed by atoms with Crippen LogP contribution in [0.15, 0.2) is 30.3 Å². The van der Waals surface area contributed by atoms with Gasteiger partial charge in [-0.2, -0.15) is 0 Å². The molecule has 0 radical (unpaired) electrons. The Labute approximate surface area is 207 Å². The van der Waals surface area contributed by atoms with Crippen LogP contribution < -0.4 is 5.32 Å². The molecule has 194 valence electrons. The van der Waals surface area contributed by atoms with Crippen LogP contribution in [0.2, 0.25) is 0 Å². The summed E-state index contributed by atoms with van der Waals surface area (Å²) in [7, 11) is 1.57. The monoisotopic (exact) mass is 489 g/mol. The molecule has 0 saturated heterocycles. The number of hydrogen-bond donors (Lipinski definition) is 2. The summed E-state index contributed by atoms with van der Waals surface area (Å²) in [6.45, 7) is 1.08. The topological polar surface area (TPSA) is 111 Å². The number of aliphatic carboxylic acids is 1. The molecule has 2 aliphatic carbocycles. The fourth-order valence-electron chi connectivity index (χ4n) is 5.29. The van der Waals surface area contributed by atoms with Crippen LogP contribution in [0, 0.1) is 17.3 Å². The van der Waals surface area contributed by atoms with E-state index in [1.54, 1.807) is 7.11 Å². The van der Waals surface area contributed by atoms with Gasteiger partial charge in [0.1, 0.15) is 6.61 Å². The minimum Gasteiger partial charge on any atom is -0.481 e. The molecule has 2 saturated carbocycles. The summed E-state index contributed by atoms with van der Waals surface area (Å²) in [5.74, 6) is -2.04. The molecule has 2 N–H and O–H groups in total. The van der Waals surface area contributed by atoms with Crippen LogP contribution in [-0.4, -0.2) is 55.9 Å². The second-order valence-electron chi connectivity index (χ2n) is 9.91. The van der Waals surface area contributed by atoms with Crippen LogP contribution >= 0.6 is 0 Å². The van der Waals surface area contributed by atoms with Crippen molar-refractivity contribution in [2.75, 3.05) is 26.9 Å². The number of esters is 1. The summed E-state index contributed by atoms with van der Waals surface area (Å²) < 4.78 is 15.9. The third kappa shape index (κ3) is 8.04. The van der Waals surface area contributed by atoms with Crippen LogP contribution in [0.25, 0.3) is 0 Å². The average molecular weight is 490 g/mol. The van der Waals surface area contributed by atoms with Gasteiger partial charge in [-0.25, -0.2) is 0 Å². The first-order valence-electron chi connectivity index (χ1n) is 12.7. The van der Waals surface area contributed by atoms with Crippen molar-refractivity contribution >= 4 is 17.8 Å². The molecular weight excluding hydrogens is 450 g/mol. The third-order valence-corrected chi connectivity index (χ3v) is 7.40. The molecule has 2 fully saturated rings. The van der Waals surface area contributed by atoms with Crippen molar-refractivity contribution in [3.63, 3.8) is 0 Å². The summed E-state index contributed by atoms with van der Waals surface area (Å²) in [4.78, 5) is 37.7. The molecule has 0 aliphatic heterocycles. The smallest absolute Gasteiger partial charge is 0.309 e. The largest absolute Gasteiger partial charge is 0.481 e. The third-order valence-electron chi connectivity index (χ3n) is 7.40. The maximum atomic E-state index is 13.4. The molecule has 0 unspecified atom stereocenters. The molecule has 0 aromatic heterocycles. The summed E-state index contributed by atoms with van der Waals surface area (Å²) >= 11 is 0. The standard InChI is InChI=1S/C27H39NO7/c1-33-15-16-34-19-22(24(29)30)17-27(13-5-6-14-27)26(32)28-23-11-9-21(10-12-23)25(31)35-18-20-7-3-2-4-8-20/h2-4,7-8,21-23H,5-6,9-19H2,1H3,(H,28,32)(H,29,30)/t21?,22-,23?/m0/s1. The Morgan fingerprint density at radius 1 is 1.06 bits per heavy atom. The number of nitrogens with one attached hydrogen (secondary N) is 1. The van der Waals surface area contributed by atoms with Gasteiger partial charge in [0.2, 0.25) is 5.91 Å². The minimum atomic E-state index is -0.934. The predicted octanol–water partition coefficient (Wildman–Crippen LogP) is 3.72. The first kappa shape index (κ1) is 27.1. The Morgan fingerprint density at radius 2 is 1.74 bits per heavy atom. The molecule has 1 atom stereocenters. The van der Waals surface area contributed by atoms with Crippen molar-refractivity contribution in [3.8, 4) is 0 Å². The molecule has 0 heterocycles. The zero-order valence-electron chi connectivity index (χ0n) is 20.7. The fraction of sp³-hybridized carbons (Fsp3) is 0.667. The van der Waals surface area contributed by atoms with Gasteiger partial charge in [0, 0.05) is 13.2 Å². The molecule has 0 bridgehead atoms.